The lowest BCUT2D eigenvalue weighted by Gasteiger charge is -2.16. The fraction of sp³-hybridized carbons (Fsp3) is 0.200. The predicted octanol–water partition coefficient (Wildman–Crippen LogP) is 4.09. The van der Waals surface area contributed by atoms with Crippen LogP contribution in [0.3, 0.4) is 0 Å². The van der Waals surface area contributed by atoms with Crippen LogP contribution in [0.5, 0.6) is 11.5 Å². The molecule has 2 rings (SSSR count). The molecule has 0 spiro atoms. The molecular weight excluding hydrogens is 299 g/mol. The molecule has 0 heterocycles. The first-order valence-corrected chi connectivity index (χ1v) is 6.68. The maximum Gasteiger partial charge on any atom is 0.161 e. The largest absolute Gasteiger partial charge is 0.493 e. The zero-order valence-corrected chi connectivity index (χ0v) is 12.6. The zero-order valence-electron chi connectivity index (χ0n) is 11.1. The smallest absolute Gasteiger partial charge is 0.161 e. The number of aliphatic hydroxyl groups excluding tert-OH is 1. The third kappa shape index (κ3) is 2.85. The summed E-state index contributed by atoms with van der Waals surface area (Å²) in [6, 6.07) is 10.3. The van der Waals surface area contributed by atoms with Crippen molar-refractivity contribution in [1.82, 2.24) is 0 Å². The minimum absolute atomic E-state index is 0.416. The van der Waals surface area contributed by atoms with E-state index in [0.717, 1.165) is 0 Å². The molecule has 0 saturated carbocycles. The summed E-state index contributed by atoms with van der Waals surface area (Å²) in [4.78, 5) is 0. The lowest BCUT2D eigenvalue weighted by molar-refractivity contribution is 0.219. The van der Waals surface area contributed by atoms with E-state index in [9.17, 15) is 5.11 Å². The summed E-state index contributed by atoms with van der Waals surface area (Å²) in [6.45, 7) is 0. The Bertz CT molecular complexity index is 594. The van der Waals surface area contributed by atoms with E-state index in [4.69, 9.17) is 32.7 Å². The summed E-state index contributed by atoms with van der Waals surface area (Å²) >= 11 is 12.2. The number of rotatable bonds is 4. The highest BCUT2D eigenvalue weighted by atomic mass is 35.5. The molecule has 1 N–H and O–H groups in total. The van der Waals surface area contributed by atoms with Crippen molar-refractivity contribution in [2.75, 3.05) is 14.2 Å². The maximum absolute atomic E-state index is 10.5. The second kappa shape index (κ2) is 6.35. The molecule has 5 heteroatoms. The third-order valence-corrected chi connectivity index (χ3v) is 3.66. The average Bonchev–Trinajstić information content (AvgIpc) is 2.46. The topological polar surface area (TPSA) is 38.7 Å². The van der Waals surface area contributed by atoms with Crippen molar-refractivity contribution in [1.29, 1.82) is 0 Å². The van der Waals surface area contributed by atoms with Gasteiger partial charge in [-0.1, -0.05) is 35.3 Å². The normalized spacial score (nSPS) is 12.1. The second-order valence-corrected chi connectivity index (χ2v) is 4.97. The molecule has 0 aliphatic rings. The summed E-state index contributed by atoms with van der Waals surface area (Å²) in [7, 11) is 3.09. The molecule has 0 fully saturated rings. The molecule has 0 bridgehead atoms. The van der Waals surface area contributed by atoms with E-state index in [2.05, 4.69) is 0 Å². The SMILES string of the molecule is COc1ccc(C(O)c2c(Cl)cccc2Cl)cc1OC. The molecule has 0 aromatic heterocycles. The van der Waals surface area contributed by atoms with E-state index in [0.29, 0.717) is 32.7 Å². The summed E-state index contributed by atoms with van der Waals surface area (Å²) in [5.74, 6) is 1.13. The van der Waals surface area contributed by atoms with Gasteiger partial charge in [-0.3, -0.25) is 0 Å². The molecule has 20 heavy (non-hydrogen) atoms. The van der Waals surface area contributed by atoms with Gasteiger partial charge in [-0.2, -0.15) is 0 Å². The van der Waals surface area contributed by atoms with Crippen LogP contribution in [0.1, 0.15) is 17.2 Å². The van der Waals surface area contributed by atoms with Crippen LogP contribution in [0.25, 0.3) is 0 Å². The van der Waals surface area contributed by atoms with E-state index >= 15 is 0 Å². The maximum atomic E-state index is 10.5. The fourth-order valence-corrected chi connectivity index (χ4v) is 2.57. The highest BCUT2D eigenvalue weighted by Crippen LogP contribution is 2.37. The van der Waals surface area contributed by atoms with Gasteiger partial charge in [-0.15, -0.1) is 0 Å². The van der Waals surface area contributed by atoms with Gasteiger partial charge in [0.05, 0.1) is 14.2 Å². The van der Waals surface area contributed by atoms with Gasteiger partial charge in [-0.25, -0.2) is 0 Å². The Morgan fingerprint density at radius 1 is 0.950 bits per heavy atom. The van der Waals surface area contributed by atoms with Crippen molar-refractivity contribution in [3.63, 3.8) is 0 Å². The standard InChI is InChI=1S/C15H14Cl2O3/c1-19-12-7-6-9(8-13(12)20-2)15(18)14-10(16)4-3-5-11(14)17/h3-8,15,18H,1-2H3. The Hall–Kier alpha value is -1.42. The number of halogens is 2. The van der Waals surface area contributed by atoms with Crippen LogP contribution in [0.2, 0.25) is 10.0 Å². The highest BCUT2D eigenvalue weighted by Gasteiger charge is 2.19. The van der Waals surface area contributed by atoms with Gasteiger partial charge in [0.25, 0.3) is 0 Å². The Morgan fingerprint density at radius 3 is 2.10 bits per heavy atom. The van der Waals surface area contributed by atoms with E-state index in [1.807, 2.05) is 0 Å². The van der Waals surface area contributed by atoms with Crippen molar-refractivity contribution in [3.05, 3.63) is 57.6 Å². The van der Waals surface area contributed by atoms with E-state index in [1.165, 1.54) is 7.11 Å². The van der Waals surface area contributed by atoms with Crippen LogP contribution in [0, 0.1) is 0 Å². The van der Waals surface area contributed by atoms with Crippen LogP contribution in [0.4, 0.5) is 0 Å². The minimum Gasteiger partial charge on any atom is -0.493 e. The zero-order chi connectivity index (χ0) is 14.7. The van der Waals surface area contributed by atoms with Gasteiger partial charge in [0, 0.05) is 15.6 Å². The summed E-state index contributed by atoms with van der Waals surface area (Å²) in [5.41, 5.74) is 1.10. The van der Waals surface area contributed by atoms with Crippen LogP contribution in [0.15, 0.2) is 36.4 Å². The molecule has 0 radical (unpaired) electrons. The first-order chi connectivity index (χ1) is 9.58. The van der Waals surface area contributed by atoms with Gasteiger partial charge in [0.2, 0.25) is 0 Å². The number of hydrogen-bond donors (Lipinski definition) is 1. The van der Waals surface area contributed by atoms with Gasteiger partial charge in [-0.05, 0) is 29.8 Å². The Labute approximate surface area is 127 Å². The highest BCUT2D eigenvalue weighted by molar-refractivity contribution is 6.36. The summed E-state index contributed by atoms with van der Waals surface area (Å²) in [6.07, 6.45) is -0.934. The molecule has 0 saturated heterocycles. The molecule has 0 aliphatic carbocycles. The van der Waals surface area contributed by atoms with Crippen molar-refractivity contribution in [2.45, 2.75) is 6.10 Å². The molecule has 1 atom stereocenters. The van der Waals surface area contributed by atoms with Crippen LogP contribution in [-0.2, 0) is 0 Å². The first-order valence-electron chi connectivity index (χ1n) is 5.92. The monoisotopic (exact) mass is 312 g/mol. The number of ether oxygens (including phenoxy) is 2. The quantitative estimate of drug-likeness (QED) is 0.924. The van der Waals surface area contributed by atoms with Gasteiger partial charge < -0.3 is 14.6 Å². The van der Waals surface area contributed by atoms with Crippen molar-refractivity contribution >= 4 is 23.2 Å². The molecule has 1 unspecified atom stereocenters. The number of benzene rings is 2. The van der Waals surface area contributed by atoms with E-state index in [1.54, 1.807) is 43.5 Å². The van der Waals surface area contributed by atoms with Crippen molar-refractivity contribution in [3.8, 4) is 11.5 Å². The van der Waals surface area contributed by atoms with Gasteiger partial charge >= 0.3 is 0 Å². The third-order valence-electron chi connectivity index (χ3n) is 3.00. The number of hydrogen-bond acceptors (Lipinski definition) is 3. The molecule has 2 aromatic carbocycles. The predicted molar refractivity (Wildman–Crippen MR) is 80.1 cm³/mol. The summed E-state index contributed by atoms with van der Waals surface area (Å²) in [5, 5.41) is 11.3. The average molecular weight is 313 g/mol. The van der Waals surface area contributed by atoms with Crippen LogP contribution in [-0.4, -0.2) is 19.3 Å². The van der Waals surface area contributed by atoms with Gasteiger partial charge in [0.15, 0.2) is 11.5 Å². The second-order valence-electron chi connectivity index (χ2n) is 4.15. The molecule has 2 aromatic rings. The molecular formula is C15H14Cl2O3. The molecule has 106 valence electrons. The van der Waals surface area contributed by atoms with Gasteiger partial charge in [0.1, 0.15) is 6.10 Å². The van der Waals surface area contributed by atoms with Crippen molar-refractivity contribution < 1.29 is 14.6 Å². The minimum atomic E-state index is -0.934. The number of aliphatic hydroxyl groups is 1. The van der Waals surface area contributed by atoms with E-state index < -0.39 is 6.10 Å². The summed E-state index contributed by atoms with van der Waals surface area (Å²) < 4.78 is 10.4. The Morgan fingerprint density at radius 2 is 1.55 bits per heavy atom. The molecule has 3 nitrogen and oxygen atoms in total. The molecule has 0 amide bonds. The van der Waals surface area contributed by atoms with Crippen molar-refractivity contribution in [2.24, 2.45) is 0 Å². The lowest BCUT2D eigenvalue weighted by atomic mass is 10.0. The lowest BCUT2D eigenvalue weighted by Crippen LogP contribution is -2.02. The first kappa shape index (κ1) is 15.0. The number of methoxy groups -OCH3 is 2. The van der Waals surface area contributed by atoms with Crippen LogP contribution >= 0.6 is 23.2 Å². The van der Waals surface area contributed by atoms with Crippen LogP contribution < -0.4 is 9.47 Å². The molecule has 0 aliphatic heterocycles. The van der Waals surface area contributed by atoms with E-state index in [-0.39, 0.29) is 0 Å². The fourth-order valence-electron chi connectivity index (χ4n) is 1.96. The Balaban J connectivity index is 2.46. The Kier molecular flexibility index (Phi) is 4.76.